The number of anilines is 1. The van der Waals surface area contributed by atoms with Crippen LogP contribution in [0.4, 0.5) is 23.2 Å². The summed E-state index contributed by atoms with van der Waals surface area (Å²) in [5, 5.41) is 0. The predicted molar refractivity (Wildman–Crippen MR) is 88.0 cm³/mol. The highest BCUT2D eigenvalue weighted by molar-refractivity contribution is 6.05. The molecule has 5 nitrogen and oxygen atoms in total. The number of benzene rings is 1. The standard InChI is InChI=1S/C18H15F4NO4/c1-10-8-11(9-13(14(10)19)18(20,21)22)23-7-5-4-6-12(16(24)26-2)15(23)17(25)27-3/h4-9H,1-3H3. The molecule has 2 rings (SSSR count). The van der Waals surface area contributed by atoms with Gasteiger partial charge in [0.1, 0.15) is 11.5 Å². The first-order chi connectivity index (χ1) is 12.6. The average Bonchev–Trinajstić information content (AvgIpc) is 2.84. The van der Waals surface area contributed by atoms with Crippen molar-refractivity contribution in [2.24, 2.45) is 0 Å². The monoisotopic (exact) mass is 385 g/mol. The Hall–Kier alpha value is -3.10. The van der Waals surface area contributed by atoms with E-state index in [-0.39, 0.29) is 22.5 Å². The van der Waals surface area contributed by atoms with Crippen LogP contribution in [0.25, 0.3) is 0 Å². The molecule has 0 radical (unpaired) electrons. The average molecular weight is 385 g/mol. The lowest BCUT2D eigenvalue weighted by Crippen LogP contribution is -2.27. The Morgan fingerprint density at radius 2 is 1.67 bits per heavy atom. The van der Waals surface area contributed by atoms with E-state index in [1.807, 2.05) is 0 Å². The van der Waals surface area contributed by atoms with Crippen molar-refractivity contribution in [3.8, 4) is 0 Å². The molecule has 0 aliphatic carbocycles. The van der Waals surface area contributed by atoms with Crippen LogP contribution in [0.2, 0.25) is 0 Å². The van der Waals surface area contributed by atoms with Gasteiger partial charge in [0.05, 0.1) is 25.4 Å². The highest BCUT2D eigenvalue weighted by atomic mass is 19.4. The van der Waals surface area contributed by atoms with Gasteiger partial charge in [-0.3, -0.25) is 0 Å². The summed E-state index contributed by atoms with van der Waals surface area (Å²) in [5.41, 5.74) is -2.55. The smallest absolute Gasteiger partial charge is 0.419 e. The lowest BCUT2D eigenvalue weighted by Gasteiger charge is -2.24. The van der Waals surface area contributed by atoms with E-state index in [1.54, 1.807) is 0 Å². The largest absolute Gasteiger partial charge is 0.465 e. The van der Waals surface area contributed by atoms with Gasteiger partial charge in [-0.1, -0.05) is 6.08 Å². The number of methoxy groups -OCH3 is 2. The lowest BCUT2D eigenvalue weighted by atomic mass is 10.1. The summed E-state index contributed by atoms with van der Waals surface area (Å²) >= 11 is 0. The molecular formula is C18H15F4NO4. The fourth-order valence-corrected chi connectivity index (χ4v) is 2.46. The molecule has 0 saturated carbocycles. The topological polar surface area (TPSA) is 55.8 Å². The molecule has 0 spiro atoms. The number of aryl methyl sites for hydroxylation is 1. The van der Waals surface area contributed by atoms with Gasteiger partial charge >= 0.3 is 18.1 Å². The summed E-state index contributed by atoms with van der Waals surface area (Å²) < 4.78 is 62.8. The third kappa shape index (κ3) is 4.02. The first kappa shape index (κ1) is 20.2. The number of hydrogen-bond donors (Lipinski definition) is 0. The highest BCUT2D eigenvalue weighted by Gasteiger charge is 2.36. The van der Waals surface area contributed by atoms with Crippen molar-refractivity contribution in [1.82, 2.24) is 0 Å². The minimum Gasteiger partial charge on any atom is -0.465 e. The second-order valence-electron chi connectivity index (χ2n) is 5.44. The van der Waals surface area contributed by atoms with E-state index in [0.717, 1.165) is 32.1 Å². The van der Waals surface area contributed by atoms with Crippen LogP contribution in [0.15, 0.2) is 47.8 Å². The zero-order valence-corrected chi connectivity index (χ0v) is 14.6. The van der Waals surface area contributed by atoms with E-state index in [0.29, 0.717) is 6.07 Å². The maximum Gasteiger partial charge on any atom is 0.419 e. The zero-order valence-electron chi connectivity index (χ0n) is 14.6. The van der Waals surface area contributed by atoms with Crippen LogP contribution in [-0.2, 0) is 25.2 Å². The van der Waals surface area contributed by atoms with Gasteiger partial charge in [0.15, 0.2) is 0 Å². The first-order valence-corrected chi connectivity index (χ1v) is 7.54. The summed E-state index contributed by atoms with van der Waals surface area (Å²) in [6.45, 7) is 1.16. The number of hydrogen-bond acceptors (Lipinski definition) is 5. The quantitative estimate of drug-likeness (QED) is 0.587. The van der Waals surface area contributed by atoms with E-state index in [2.05, 4.69) is 9.47 Å². The number of carbonyl (C=O) groups excluding carboxylic acids is 2. The molecule has 1 aliphatic heterocycles. The van der Waals surface area contributed by atoms with Crippen LogP contribution in [0.1, 0.15) is 11.1 Å². The Labute approximate surface area is 152 Å². The Kier molecular flexibility index (Phi) is 5.72. The summed E-state index contributed by atoms with van der Waals surface area (Å²) in [5.74, 6) is -3.29. The van der Waals surface area contributed by atoms with Crippen LogP contribution >= 0.6 is 0 Å². The van der Waals surface area contributed by atoms with E-state index in [9.17, 15) is 27.2 Å². The van der Waals surface area contributed by atoms with Crippen molar-refractivity contribution >= 4 is 17.6 Å². The lowest BCUT2D eigenvalue weighted by molar-refractivity contribution is -0.140. The number of halogens is 4. The molecule has 0 fully saturated rings. The van der Waals surface area contributed by atoms with Gasteiger partial charge in [-0.25, -0.2) is 14.0 Å². The first-order valence-electron chi connectivity index (χ1n) is 7.54. The SMILES string of the molecule is COC(=O)C1=C(C(=O)OC)N(c2cc(C)c(F)c(C(F)(F)F)c2)C=CC=C1. The molecule has 0 unspecified atom stereocenters. The van der Waals surface area contributed by atoms with Gasteiger partial charge < -0.3 is 14.4 Å². The van der Waals surface area contributed by atoms with Gasteiger partial charge in [0, 0.05) is 11.9 Å². The Bertz CT molecular complexity index is 869. The number of ether oxygens (including phenoxy) is 2. The van der Waals surface area contributed by atoms with E-state index < -0.39 is 29.5 Å². The van der Waals surface area contributed by atoms with Crippen LogP contribution in [0, 0.1) is 12.7 Å². The summed E-state index contributed by atoms with van der Waals surface area (Å²) in [6, 6.07) is 1.67. The number of carbonyl (C=O) groups is 2. The third-order valence-corrected chi connectivity index (χ3v) is 3.71. The van der Waals surface area contributed by atoms with Crippen molar-refractivity contribution in [2.75, 3.05) is 19.1 Å². The number of nitrogens with zero attached hydrogens (tertiary/aromatic N) is 1. The fraction of sp³-hybridized carbons (Fsp3) is 0.222. The van der Waals surface area contributed by atoms with E-state index >= 15 is 0 Å². The molecular weight excluding hydrogens is 370 g/mol. The number of rotatable bonds is 3. The number of allylic oxidation sites excluding steroid dienone is 2. The molecule has 9 heteroatoms. The highest BCUT2D eigenvalue weighted by Crippen LogP contribution is 2.37. The molecule has 144 valence electrons. The van der Waals surface area contributed by atoms with Crippen LogP contribution in [-0.4, -0.2) is 26.2 Å². The minimum absolute atomic E-state index is 0.178. The summed E-state index contributed by atoms with van der Waals surface area (Å²) in [4.78, 5) is 25.3. The molecule has 0 N–H and O–H groups in total. The molecule has 1 aromatic rings. The fourth-order valence-electron chi connectivity index (χ4n) is 2.46. The molecule has 1 aliphatic rings. The predicted octanol–water partition coefficient (Wildman–Crippen LogP) is 3.64. The molecule has 27 heavy (non-hydrogen) atoms. The van der Waals surface area contributed by atoms with Crippen molar-refractivity contribution in [3.05, 3.63) is 64.8 Å². The molecule has 1 aromatic carbocycles. The molecule has 0 atom stereocenters. The van der Waals surface area contributed by atoms with E-state index in [4.69, 9.17) is 0 Å². The van der Waals surface area contributed by atoms with Crippen LogP contribution < -0.4 is 4.90 Å². The van der Waals surface area contributed by atoms with Gasteiger partial charge in [-0.2, -0.15) is 13.2 Å². The Balaban J connectivity index is 2.77. The second-order valence-corrected chi connectivity index (χ2v) is 5.44. The van der Waals surface area contributed by atoms with Crippen molar-refractivity contribution < 1.29 is 36.6 Å². The maximum atomic E-state index is 14.0. The number of esters is 2. The summed E-state index contributed by atoms with van der Waals surface area (Å²) in [7, 11) is 2.14. The Morgan fingerprint density at radius 1 is 1.04 bits per heavy atom. The van der Waals surface area contributed by atoms with Crippen molar-refractivity contribution in [3.63, 3.8) is 0 Å². The van der Waals surface area contributed by atoms with Gasteiger partial charge in [0.25, 0.3) is 0 Å². The second kappa shape index (κ2) is 7.65. The minimum atomic E-state index is -4.95. The molecule has 0 amide bonds. The van der Waals surface area contributed by atoms with Gasteiger partial charge in [-0.15, -0.1) is 0 Å². The maximum absolute atomic E-state index is 14.0. The van der Waals surface area contributed by atoms with E-state index in [1.165, 1.54) is 24.4 Å². The van der Waals surface area contributed by atoms with Crippen molar-refractivity contribution in [1.29, 1.82) is 0 Å². The molecule has 1 heterocycles. The van der Waals surface area contributed by atoms with Crippen molar-refractivity contribution in [2.45, 2.75) is 13.1 Å². The third-order valence-electron chi connectivity index (χ3n) is 3.71. The molecule has 0 saturated heterocycles. The normalized spacial score (nSPS) is 14.3. The van der Waals surface area contributed by atoms with Gasteiger partial charge in [0.2, 0.25) is 0 Å². The number of alkyl halides is 3. The molecule has 0 bridgehead atoms. The summed E-state index contributed by atoms with van der Waals surface area (Å²) in [6.07, 6.45) is 0.362. The van der Waals surface area contributed by atoms with Crippen LogP contribution in [0.5, 0.6) is 0 Å². The molecule has 0 aromatic heterocycles. The zero-order chi connectivity index (χ0) is 20.4. The van der Waals surface area contributed by atoms with Crippen LogP contribution in [0.3, 0.4) is 0 Å². The van der Waals surface area contributed by atoms with Gasteiger partial charge in [-0.05, 0) is 36.8 Å². The Morgan fingerprint density at radius 3 is 2.22 bits per heavy atom.